The number of nitrogens with zero attached hydrogens (tertiary/aromatic N) is 3. The maximum absolute atomic E-state index is 11.7. The smallest absolute Gasteiger partial charge is 0.360 e. The second-order valence-corrected chi connectivity index (χ2v) is 4.12. The first-order valence-corrected chi connectivity index (χ1v) is 6.17. The molecule has 1 unspecified atom stereocenters. The Morgan fingerprint density at radius 2 is 2.50 bits per heavy atom. The normalized spacial score (nSPS) is 19.8. The van der Waals surface area contributed by atoms with Crippen LogP contribution in [0.15, 0.2) is 0 Å². The molecule has 18 heavy (non-hydrogen) atoms. The molecule has 0 saturated carbocycles. The summed E-state index contributed by atoms with van der Waals surface area (Å²) < 4.78 is 12.0. The van der Waals surface area contributed by atoms with E-state index in [1.165, 1.54) is 0 Å². The molecule has 1 aromatic rings. The van der Waals surface area contributed by atoms with Gasteiger partial charge in [0.25, 0.3) is 0 Å². The van der Waals surface area contributed by atoms with Crippen molar-refractivity contribution in [3.8, 4) is 0 Å². The molecule has 7 nitrogen and oxygen atoms in total. The second-order valence-electron chi connectivity index (χ2n) is 4.12. The van der Waals surface area contributed by atoms with Crippen LogP contribution in [0.4, 0.5) is 0 Å². The topological polar surface area (TPSA) is 92.3 Å². The van der Waals surface area contributed by atoms with Gasteiger partial charge in [0.2, 0.25) is 0 Å². The van der Waals surface area contributed by atoms with E-state index in [0.717, 1.165) is 19.4 Å². The van der Waals surface area contributed by atoms with Crippen LogP contribution in [0.2, 0.25) is 0 Å². The molecule has 1 fully saturated rings. The molecule has 2 N–H and O–H groups in total. The van der Waals surface area contributed by atoms with Crippen LogP contribution in [-0.4, -0.2) is 40.8 Å². The summed E-state index contributed by atoms with van der Waals surface area (Å²) in [6, 6.07) is 0.105. The summed E-state index contributed by atoms with van der Waals surface area (Å²) in [4.78, 5) is 11.7. The Hall–Kier alpha value is -1.47. The van der Waals surface area contributed by atoms with Gasteiger partial charge >= 0.3 is 5.97 Å². The molecule has 7 heteroatoms. The summed E-state index contributed by atoms with van der Waals surface area (Å²) in [5.41, 5.74) is 6.51. The molecule has 100 valence electrons. The SMILES string of the molecule is CCOC(=O)c1nnn(C2CCCOC2)c1CN. The largest absolute Gasteiger partial charge is 0.461 e. The summed E-state index contributed by atoms with van der Waals surface area (Å²) >= 11 is 0. The average Bonchev–Trinajstić information content (AvgIpc) is 2.83. The van der Waals surface area contributed by atoms with E-state index in [2.05, 4.69) is 10.3 Å². The maximum atomic E-state index is 11.7. The molecule has 0 amide bonds. The van der Waals surface area contributed by atoms with E-state index in [-0.39, 0.29) is 18.3 Å². The summed E-state index contributed by atoms with van der Waals surface area (Å²) in [7, 11) is 0. The van der Waals surface area contributed by atoms with E-state index in [1.807, 2.05) is 0 Å². The summed E-state index contributed by atoms with van der Waals surface area (Å²) in [5.74, 6) is -0.471. The lowest BCUT2D eigenvalue weighted by Crippen LogP contribution is -2.25. The van der Waals surface area contributed by atoms with Crippen molar-refractivity contribution in [2.24, 2.45) is 5.73 Å². The number of carbonyl (C=O) groups is 1. The van der Waals surface area contributed by atoms with Crippen LogP contribution in [0, 0.1) is 0 Å². The van der Waals surface area contributed by atoms with Gasteiger partial charge in [0.05, 0.1) is 24.9 Å². The minimum atomic E-state index is -0.471. The Bertz CT molecular complexity index is 412. The molecule has 1 aliphatic heterocycles. The van der Waals surface area contributed by atoms with Crippen LogP contribution in [0.25, 0.3) is 0 Å². The van der Waals surface area contributed by atoms with Crippen molar-refractivity contribution < 1.29 is 14.3 Å². The number of carbonyl (C=O) groups excluding carboxylic acids is 1. The van der Waals surface area contributed by atoms with Gasteiger partial charge in [-0.3, -0.25) is 0 Å². The summed E-state index contributed by atoms with van der Waals surface area (Å²) in [6.07, 6.45) is 1.93. The molecule has 0 aromatic carbocycles. The van der Waals surface area contributed by atoms with E-state index in [4.69, 9.17) is 15.2 Å². The third-order valence-electron chi connectivity index (χ3n) is 2.94. The number of nitrogens with two attached hydrogens (primary N) is 1. The first-order chi connectivity index (χ1) is 8.77. The van der Waals surface area contributed by atoms with Crippen molar-refractivity contribution in [1.82, 2.24) is 15.0 Å². The molecular formula is C11H18N4O3. The van der Waals surface area contributed by atoms with E-state index >= 15 is 0 Å². The maximum Gasteiger partial charge on any atom is 0.360 e. The lowest BCUT2D eigenvalue weighted by Gasteiger charge is -2.23. The first-order valence-electron chi connectivity index (χ1n) is 6.17. The number of ether oxygens (including phenoxy) is 2. The van der Waals surface area contributed by atoms with Gasteiger partial charge in [-0.25, -0.2) is 9.48 Å². The van der Waals surface area contributed by atoms with Crippen LogP contribution in [0.5, 0.6) is 0 Å². The molecule has 1 saturated heterocycles. The zero-order valence-corrected chi connectivity index (χ0v) is 10.5. The Labute approximate surface area is 105 Å². The predicted octanol–water partition coefficient (Wildman–Crippen LogP) is 0.265. The lowest BCUT2D eigenvalue weighted by molar-refractivity contribution is 0.0508. The molecule has 0 aliphatic carbocycles. The van der Waals surface area contributed by atoms with Crippen LogP contribution in [0.3, 0.4) is 0 Å². The predicted molar refractivity (Wildman–Crippen MR) is 63.0 cm³/mol. The Balaban J connectivity index is 2.23. The van der Waals surface area contributed by atoms with Gasteiger partial charge in [-0.05, 0) is 19.8 Å². The second kappa shape index (κ2) is 5.92. The lowest BCUT2D eigenvalue weighted by atomic mass is 10.1. The summed E-state index contributed by atoms with van der Waals surface area (Å²) in [5, 5.41) is 7.90. The van der Waals surface area contributed by atoms with Crippen molar-refractivity contribution >= 4 is 5.97 Å². The van der Waals surface area contributed by atoms with Crippen LogP contribution in [-0.2, 0) is 16.0 Å². The van der Waals surface area contributed by atoms with Gasteiger partial charge in [0.15, 0.2) is 5.69 Å². The number of hydrogen-bond acceptors (Lipinski definition) is 6. The van der Waals surface area contributed by atoms with E-state index < -0.39 is 5.97 Å². The van der Waals surface area contributed by atoms with Gasteiger partial charge in [0.1, 0.15) is 0 Å². The van der Waals surface area contributed by atoms with Crippen molar-refractivity contribution in [2.45, 2.75) is 32.4 Å². The monoisotopic (exact) mass is 254 g/mol. The van der Waals surface area contributed by atoms with Gasteiger partial charge in [-0.1, -0.05) is 5.21 Å². The average molecular weight is 254 g/mol. The van der Waals surface area contributed by atoms with E-state index in [1.54, 1.807) is 11.6 Å². The van der Waals surface area contributed by atoms with Crippen molar-refractivity contribution in [2.75, 3.05) is 19.8 Å². The standard InChI is InChI=1S/C11H18N4O3/c1-2-18-11(16)10-9(6-12)15(14-13-10)8-4-3-5-17-7-8/h8H,2-7,12H2,1H3. The van der Waals surface area contributed by atoms with Gasteiger partial charge in [-0.2, -0.15) is 0 Å². The third-order valence-corrected chi connectivity index (χ3v) is 2.94. The van der Waals surface area contributed by atoms with E-state index in [0.29, 0.717) is 18.9 Å². The van der Waals surface area contributed by atoms with Crippen LogP contribution < -0.4 is 5.73 Å². The van der Waals surface area contributed by atoms with Crippen molar-refractivity contribution in [3.05, 3.63) is 11.4 Å². The fraction of sp³-hybridized carbons (Fsp3) is 0.727. The molecule has 1 aromatic heterocycles. The van der Waals surface area contributed by atoms with Crippen molar-refractivity contribution in [3.63, 3.8) is 0 Å². The Morgan fingerprint density at radius 1 is 1.67 bits per heavy atom. The fourth-order valence-corrected chi connectivity index (χ4v) is 2.07. The van der Waals surface area contributed by atoms with Crippen LogP contribution >= 0.6 is 0 Å². The Kier molecular flexibility index (Phi) is 4.27. The number of rotatable bonds is 4. The Morgan fingerprint density at radius 3 is 3.11 bits per heavy atom. The van der Waals surface area contributed by atoms with Crippen molar-refractivity contribution in [1.29, 1.82) is 0 Å². The zero-order valence-electron chi connectivity index (χ0n) is 10.5. The minimum Gasteiger partial charge on any atom is -0.461 e. The summed E-state index contributed by atoms with van der Waals surface area (Å²) in [6.45, 7) is 3.62. The number of aromatic nitrogens is 3. The molecule has 0 spiro atoms. The van der Waals surface area contributed by atoms with E-state index in [9.17, 15) is 4.79 Å². The molecule has 0 radical (unpaired) electrons. The van der Waals surface area contributed by atoms with Crippen LogP contribution in [0.1, 0.15) is 42.0 Å². The highest BCUT2D eigenvalue weighted by Gasteiger charge is 2.25. The number of hydrogen-bond donors (Lipinski definition) is 1. The molecule has 2 heterocycles. The van der Waals surface area contributed by atoms with Gasteiger partial charge in [-0.15, -0.1) is 5.10 Å². The molecule has 0 bridgehead atoms. The zero-order chi connectivity index (χ0) is 13.0. The minimum absolute atomic E-state index is 0.105. The first kappa shape index (κ1) is 13.0. The van der Waals surface area contributed by atoms with Gasteiger partial charge in [0, 0.05) is 13.2 Å². The quantitative estimate of drug-likeness (QED) is 0.775. The van der Waals surface area contributed by atoms with Gasteiger partial charge < -0.3 is 15.2 Å². The third kappa shape index (κ3) is 2.51. The highest BCUT2D eigenvalue weighted by atomic mass is 16.5. The molecular weight excluding hydrogens is 236 g/mol. The molecule has 1 atom stereocenters. The number of esters is 1. The fourth-order valence-electron chi connectivity index (χ4n) is 2.07. The molecule has 2 rings (SSSR count). The highest BCUT2D eigenvalue weighted by molar-refractivity contribution is 5.88. The molecule has 1 aliphatic rings. The highest BCUT2D eigenvalue weighted by Crippen LogP contribution is 2.21.